The monoisotopic (exact) mass is 364 g/mol. The second-order valence-corrected chi connectivity index (χ2v) is 7.35. The van der Waals surface area contributed by atoms with Gasteiger partial charge in [-0.1, -0.05) is 19.3 Å². The molecule has 0 radical (unpaired) electrons. The number of carbonyl (C=O) groups excluding carboxylic acids is 1. The summed E-state index contributed by atoms with van der Waals surface area (Å²) in [5.41, 5.74) is 0. The molecule has 1 aromatic heterocycles. The SMILES string of the molecule is Cn1c([N+](=O)[O-])cnc1CN1CCC(NC(=O)NC2CCCCC2)CC1. The largest absolute Gasteiger partial charge is 0.358 e. The van der Waals surface area contributed by atoms with Crippen molar-refractivity contribution in [3.8, 4) is 0 Å². The van der Waals surface area contributed by atoms with E-state index in [0.29, 0.717) is 18.4 Å². The van der Waals surface area contributed by atoms with E-state index < -0.39 is 4.92 Å². The number of likely N-dealkylation sites (tertiary alicyclic amines) is 1. The first-order valence-corrected chi connectivity index (χ1v) is 9.47. The molecule has 26 heavy (non-hydrogen) atoms. The van der Waals surface area contributed by atoms with Crippen LogP contribution in [0, 0.1) is 10.1 Å². The Bertz CT molecular complexity index is 632. The first kappa shape index (κ1) is 18.6. The lowest BCUT2D eigenvalue weighted by atomic mass is 9.96. The number of urea groups is 1. The van der Waals surface area contributed by atoms with Gasteiger partial charge >= 0.3 is 11.8 Å². The molecular weight excluding hydrogens is 336 g/mol. The molecular formula is C17H28N6O3. The van der Waals surface area contributed by atoms with Crippen molar-refractivity contribution in [2.45, 2.75) is 63.6 Å². The van der Waals surface area contributed by atoms with E-state index in [1.807, 2.05) is 0 Å². The molecule has 9 nitrogen and oxygen atoms in total. The fourth-order valence-electron chi connectivity index (χ4n) is 3.85. The van der Waals surface area contributed by atoms with E-state index in [0.717, 1.165) is 38.8 Å². The molecule has 0 spiro atoms. The summed E-state index contributed by atoms with van der Waals surface area (Å²) < 4.78 is 1.53. The normalized spacial score (nSPS) is 20.0. The number of imidazole rings is 1. The molecule has 1 saturated heterocycles. The van der Waals surface area contributed by atoms with Crippen LogP contribution in [0.25, 0.3) is 0 Å². The third-order valence-corrected chi connectivity index (χ3v) is 5.48. The Morgan fingerprint density at radius 3 is 2.38 bits per heavy atom. The number of carbonyl (C=O) groups is 1. The second kappa shape index (κ2) is 8.48. The number of rotatable bonds is 5. The Balaban J connectivity index is 1.41. The second-order valence-electron chi connectivity index (χ2n) is 7.35. The highest BCUT2D eigenvalue weighted by atomic mass is 16.6. The molecule has 2 heterocycles. The summed E-state index contributed by atoms with van der Waals surface area (Å²) in [6, 6.07) is 0.462. The highest BCUT2D eigenvalue weighted by molar-refractivity contribution is 5.74. The van der Waals surface area contributed by atoms with Crippen LogP contribution in [0.5, 0.6) is 0 Å². The minimum atomic E-state index is -0.419. The zero-order valence-corrected chi connectivity index (χ0v) is 15.3. The fourth-order valence-corrected chi connectivity index (χ4v) is 3.85. The van der Waals surface area contributed by atoms with Gasteiger partial charge in [-0.2, -0.15) is 0 Å². The van der Waals surface area contributed by atoms with Gasteiger partial charge < -0.3 is 20.7 Å². The number of nitrogens with one attached hydrogen (secondary N) is 2. The van der Waals surface area contributed by atoms with Crippen LogP contribution < -0.4 is 10.6 Å². The van der Waals surface area contributed by atoms with Crippen LogP contribution in [0.2, 0.25) is 0 Å². The Kier molecular flexibility index (Phi) is 6.08. The molecule has 1 aliphatic carbocycles. The predicted octanol–water partition coefficient (Wildman–Crippen LogP) is 1.92. The average molecular weight is 364 g/mol. The van der Waals surface area contributed by atoms with Crippen molar-refractivity contribution in [3.63, 3.8) is 0 Å². The van der Waals surface area contributed by atoms with Crippen molar-refractivity contribution in [3.05, 3.63) is 22.1 Å². The van der Waals surface area contributed by atoms with Crippen molar-refractivity contribution in [1.82, 2.24) is 25.1 Å². The summed E-state index contributed by atoms with van der Waals surface area (Å²) in [7, 11) is 1.67. The van der Waals surface area contributed by atoms with Crippen molar-refractivity contribution in [2.75, 3.05) is 13.1 Å². The molecule has 0 atom stereocenters. The molecule has 2 N–H and O–H groups in total. The third kappa shape index (κ3) is 4.72. The molecule has 2 aliphatic rings. The van der Waals surface area contributed by atoms with E-state index in [1.165, 1.54) is 30.0 Å². The molecule has 1 aliphatic heterocycles. The summed E-state index contributed by atoms with van der Waals surface area (Å²) in [4.78, 5) is 29.0. The molecule has 2 fully saturated rings. The van der Waals surface area contributed by atoms with Crippen LogP contribution >= 0.6 is 0 Å². The number of nitro groups is 1. The fraction of sp³-hybridized carbons (Fsp3) is 0.765. The van der Waals surface area contributed by atoms with Crippen LogP contribution in [-0.4, -0.2) is 50.6 Å². The van der Waals surface area contributed by atoms with Crippen LogP contribution in [-0.2, 0) is 13.6 Å². The van der Waals surface area contributed by atoms with E-state index in [4.69, 9.17) is 0 Å². The van der Waals surface area contributed by atoms with Gasteiger partial charge in [0.2, 0.25) is 5.82 Å². The minimum absolute atomic E-state index is 0.0101. The van der Waals surface area contributed by atoms with E-state index in [9.17, 15) is 14.9 Å². The van der Waals surface area contributed by atoms with Gasteiger partial charge in [-0.15, -0.1) is 0 Å². The maximum absolute atomic E-state index is 12.2. The van der Waals surface area contributed by atoms with Gasteiger partial charge in [0.25, 0.3) is 0 Å². The molecule has 0 unspecified atom stereocenters. The molecule has 0 aromatic carbocycles. The molecule has 2 amide bonds. The lowest BCUT2D eigenvalue weighted by molar-refractivity contribution is -0.391. The zero-order valence-electron chi connectivity index (χ0n) is 15.3. The predicted molar refractivity (Wildman–Crippen MR) is 96.7 cm³/mol. The van der Waals surface area contributed by atoms with E-state index in [-0.39, 0.29) is 17.9 Å². The summed E-state index contributed by atoms with van der Waals surface area (Å²) in [5.74, 6) is 0.703. The topological polar surface area (TPSA) is 105 Å². The zero-order chi connectivity index (χ0) is 18.5. The first-order valence-electron chi connectivity index (χ1n) is 9.47. The van der Waals surface area contributed by atoms with Crippen LogP contribution in [0.3, 0.4) is 0 Å². The van der Waals surface area contributed by atoms with Gasteiger partial charge in [0, 0.05) is 25.2 Å². The number of piperidine rings is 1. The maximum atomic E-state index is 12.2. The summed E-state index contributed by atoms with van der Waals surface area (Å²) in [5, 5.41) is 17.1. The lowest BCUT2D eigenvalue weighted by Gasteiger charge is -2.32. The number of hydrogen-bond acceptors (Lipinski definition) is 5. The lowest BCUT2D eigenvalue weighted by Crippen LogP contribution is -2.50. The number of amides is 2. The van der Waals surface area contributed by atoms with E-state index >= 15 is 0 Å². The summed E-state index contributed by atoms with van der Waals surface area (Å²) in [6.45, 7) is 2.27. The maximum Gasteiger partial charge on any atom is 0.342 e. The standard InChI is InChI=1S/C17H28N6O3/c1-21-15(18-11-16(21)23(25)26)12-22-9-7-14(8-10-22)20-17(24)19-13-5-3-2-4-6-13/h11,13-14H,2-10,12H2,1H3,(H2,19,20,24). The average Bonchev–Trinajstić information content (AvgIpc) is 2.98. The highest BCUT2D eigenvalue weighted by Crippen LogP contribution is 2.18. The Labute approximate surface area is 153 Å². The molecule has 9 heteroatoms. The quantitative estimate of drug-likeness (QED) is 0.613. The van der Waals surface area contributed by atoms with Crippen LogP contribution in [0.15, 0.2) is 6.20 Å². The molecule has 144 valence electrons. The molecule has 0 bridgehead atoms. The van der Waals surface area contributed by atoms with Crippen molar-refractivity contribution < 1.29 is 9.72 Å². The van der Waals surface area contributed by atoms with Crippen LogP contribution in [0.1, 0.15) is 50.8 Å². The first-order chi connectivity index (χ1) is 12.5. The van der Waals surface area contributed by atoms with Gasteiger partial charge in [0.1, 0.15) is 6.20 Å². The minimum Gasteiger partial charge on any atom is -0.358 e. The van der Waals surface area contributed by atoms with E-state index in [2.05, 4.69) is 20.5 Å². The van der Waals surface area contributed by atoms with Gasteiger partial charge in [-0.05, 0) is 30.6 Å². The third-order valence-electron chi connectivity index (χ3n) is 5.48. The summed E-state index contributed by atoms with van der Waals surface area (Å²) >= 11 is 0. The van der Waals surface area contributed by atoms with Gasteiger partial charge in [0.15, 0.2) is 0 Å². The smallest absolute Gasteiger partial charge is 0.342 e. The van der Waals surface area contributed by atoms with Gasteiger partial charge in [-0.25, -0.2) is 14.3 Å². The summed E-state index contributed by atoms with van der Waals surface area (Å²) in [6.07, 6.45) is 8.92. The molecule has 1 saturated carbocycles. The Hall–Kier alpha value is -2.16. The van der Waals surface area contributed by atoms with Gasteiger partial charge in [0.05, 0.1) is 13.6 Å². The van der Waals surface area contributed by atoms with Crippen molar-refractivity contribution in [1.29, 1.82) is 0 Å². The van der Waals surface area contributed by atoms with Gasteiger partial charge in [-0.3, -0.25) is 4.90 Å². The highest BCUT2D eigenvalue weighted by Gasteiger charge is 2.25. The number of nitrogens with zero attached hydrogens (tertiary/aromatic N) is 4. The number of hydrogen-bond donors (Lipinski definition) is 2. The van der Waals surface area contributed by atoms with E-state index in [1.54, 1.807) is 7.05 Å². The van der Waals surface area contributed by atoms with Crippen molar-refractivity contribution >= 4 is 11.8 Å². The molecule has 1 aromatic rings. The number of aromatic nitrogens is 2. The molecule has 3 rings (SSSR count). The Morgan fingerprint density at radius 1 is 1.19 bits per heavy atom. The van der Waals surface area contributed by atoms with Crippen LogP contribution in [0.4, 0.5) is 10.6 Å². The van der Waals surface area contributed by atoms with Crippen molar-refractivity contribution in [2.24, 2.45) is 7.05 Å². The Morgan fingerprint density at radius 2 is 1.81 bits per heavy atom.